The van der Waals surface area contributed by atoms with Crippen molar-refractivity contribution in [1.82, 2.24) is 0 Å². The van der Waals surface area contributed by atoms with Crippen LogP contribution in [-0.2, 0) is 4.74 Å². The highest BCUT2D eigenvalue weighted by atomic mass is 16.5. The van der Waals surface area contributed by atoms with Crippen molar-refractivity contribution in [3.63, 3.8) is 0 Å². The topological polar surface area (TPSA) is 62.9 Å². The highest BCUT2D eigenvalue weighted by Crippen LogP contribution is 1.75. The number of quaternary nitrogens is 1. The largest absolute Gasteiger partial charge is 0.380 e. The summed E-state index contributed by atoms with van der Waals surface area (Å²) in [4.78, 5) is 0. The summed E-state index contributed by atoms with van der Waals surface area (Å²) in [5, 5.41) is 0. The first-order chi connectivity index (χ1) is 3.91. The number of rotatable bonds is 5. The molecule has 0 saturated heterocycles. The molecule has 8 heavy (non-hydrogen) atoms. The summed E-state index contributed by atoms with van der Waals surface area (Å²) in [6.45, 7) is 3.06. The summed E-state index contributed by atoms with van der Waals surface area (Å²) in [6.07, 6.45) is 1.04. The zero-order valence-corrected chi connectivity index (χ0v) is 5.23. The van der Waals surface area contributed by atoms with Gasteiger partial charge in [-0.3, -0.25) is 0 Å². The minimum atomic E-state index is 0.622. The van der Waals surface area contributed by atoms with E-state index in [0.29, 0.717) is 13.2 Å². The Bertz CT molecular complexity index is 35.4. The Morgan fingerprint density at radius 2 is 2.12 bits per heavy atom. The Morgan fingerprint density at radius 1 is 1.38 bits per heavy atom. The molecule has 0 spiro atoms. The summed E-state index contributed by atoms with van der Waals surface area (Å²) in [5.74, 6) is 0. The highest BCUT2D eigenvalue weighted by Gasteiger charge is 1.83. The van der Waals surface area contributed by atoms with Gasteiger partial charge in [0, 0.05) is 13.0 Å². The lowest BCUT2D eigenvalue weighted by molar-refractivity contribution is -0.369. The molecule has 0 aromatic heterocycles. The van der Waals surface area contributed by atoms with Gasteiger partial charge in [0.2, 0.25) is 0 Å². The molecule has 0 saturated carbocycles. The van der Waals surface area contributed by atoms with Gasteiger partial charge in [-0.1, -0.05) is 0 Å². The molecule has 0 fully saturated rings. The van der Waals surface area contributed by atoms with E-state index in [1.165, 1.54) is 0 Å². The van der Waals surface area contributed by atoms with Crippen LogP contribution < -0.4 is 11.5 Å². The predicted molar refractivity (Wildman–Crippen MR) is 32.2 cm³/mol. The molecule has 0 amide bonds. The first-order valence-corrected chi connectivity index (χ1v) is 2.99. The maximum Gasteiger partial charge on any atom is 0.0762 e. The van der Waals surface area contributed by atoms with Crippen LogP contribution in [0.5, 0.6) is 0 Å². The van der Waals surface area contributed by atoms with Crippen molar-refractivity contribution in [2.24, 2.45) is 5.73 Å². The van der Waals surface area contributed by atoms with Crippen LogP contribution in [0.3, 0.4) is 0 Å². The smallest absolute Gasteiger partial charge is 0.0762 e. The Balaban J connectivity index is 2.53. The lowest BCUT2D eigenvalue weighted by Gasteiger charge is -1.96. The van der Waals surface area contributed by atoms with Crippen molar-refractivity contribution >= 4 is 0 Å². The van der Waals surface area contributed by atoms with Gasteiger partial charge in [0.25, 0.3) is 0 Å². The van der Waals surface area contributed by atoms with Gasteiger partial charge in [-0.2, -0.15) is 0 Å². The molecule has 0 heterocycles. The van der Waals surface area contributed by atoms with Crippen LogP contribution in [0.15, 0.2) is 0 Å². The number of nitrogens with two attached hydrogens (primary N) is 1. The summed E-state index contributed by atoms with van der Waals surface area (Å²) in [6, 6.07) is 0. The molecule has 0 aliphatic carbocycles. The third kappa shape index (κ3) is 5.88. The van der Waals surface area contributed by atoms with Crippen LogP contribution in [0, 0.1) is 0 Å². The van der Waals surface area contributed by atoms with Crippen molar-refractivity contribution in [1.29, 1.82) is 0 Å². The van der Waals surface area contributed by atoms with Crippen LogP contribution >= 0.6 is 0 Å². The Kier molecular flexibility index (Phi) is 6.78. The molecule has 0 aromatic rings. The molecule has 3 heteroatoms. The molecule has 0 unspecified atom stereocenters. The van der Waals surface area contributed by atoms with E-state index in [1.54, 1.807) is 0 Å². The summed E-state index contributed by atoms with van der Waals surface area (Å²) in [5.41, 5.74) is 8.84. The average molecular weight is 119 g/mol. The fourth-order valence-corrected chi connectivity index (χ4v) is 0.390. The van der Waals surface area contributed by atoms with Crippen LogP contribution in [0.2, 0.25) is 0 Å². The molecule has 0 aliphatic heterocycles. The Hall–Kier alpha value is -0.120. The zero-order valence-electron chi connectivity index (χ0n) is 5.23. The van der Waals surface area contributed by atoms with E-state index in [-0.39, 0.29) is 0 Å². The second-order valence-corrected chi connectivity index (χ2v) is 1.61. The molecule has 50 valence electrons. The van der Waals surface area contributed by atoms with Crippen molar-refractivity contribution in [3.05, 3.63) is 0 Å². The normalized spacial score (nSPS) is 9.75. The van der Waals surface area contributed by atoms with Gasteiger partial charge in [-0.15, -0.1) is 0 Å². The molecule has 0 atom stereocenters. The molecule has 0 bridgehead atoms. The standard InChI is InChI=1S/C5H14N2O/c6-2-1-4-8-5-3-7/h1-7H2/p+1. The third-order valence-corrected chi connectivity index (χ3v) is 0.801. The molecular weight excluding hydrogens is 104 g/mol. The van der Waals surface area contributed by atoms with Gasteiger partial charge < -0.3 is 16.2 Å². The van der Waals surface area contributed by atoms with E-state index >= 15 is 0 Å². The first kappa shape index (κ1) is 7.88. The number of ether oxygens (including phenoxy) is 1. The number of hydrogen-bond donors (Lipinski definition) is 2. The van der Waals surface area contributed by atoms with Crippen LogP contribution in [0.4, 0.5) is 0 Å². The first-order valence-electron chi connectivity index (χ1n) is 2.99. The number of hydrogen-bond acceptors (Lipinski definition) is 2. The lowest BCUT2D eigenvalue weighted by atomic mass is 10.5. The summed E-state index contributed by atoms with van der Waals surface area (Å²) < 4.78 is 5.06. The predicted octanol–water partition coefficient (Wildman–Crippen LogP) is -1.41. The minimum Gasteiger partial charge on any atom is -0.380 e. The van der Waals surface area contributed by atoms with E-state index in [4.69, 9.17) is 10.5 Å². The summed E-state index contributed by atoms with van der Waals surface area (Å²) >= 11 is 0. The van der Waals surface area contributed by atoms with Gasteiger partial charge in [0.05, 0.1) is 19.8 Å². The van der Waals surface area contributed by atoms with Gasteiger partial charge >= 0.3 is 0 Å². The van der Waals surface area contributed by atoms with Crippen LogP contribution in [0.25, 0.3) is 0 Å². The van der Waals surface area contributed by atoms with Crippen LogP contribution in [-0.4, -0.2) is 26.3 Å². The van der Waals surface area contributed by atoms with Crippen molar-refractivity contribution in [2.75, 3.05) is 26.3 Å². The van der Waals surface area contributed by atoms with Gasteiger partial charge in [0.1, 0.15) is 0 Å². The molecule has 0 rings (SSSR count). The molecule has 3 nitrogen and oxygen atoms in total. The van der Waals surface area contributed by atoms with Crippen molar-refractivity contribution in [3.8, 4) is 0 Å². The van der Waals surface area contributed by atoms with E-state index in [9.17, 15) is 0 Å². The monoisotopic (exact) mass is 119 g/mol. The third-order valence-electron chi connectivity index (χ3n) is 0.801. The maximum atomic E-state index is 5.17. The molecule has 0 aromatic carbocycles. The Labute approximate surface area is 50.0 Å². The second-order valence-electron chi connectivity index (χ2n) is 1.61. The summed E-state index contributed by atoms with van der Waals surface area (Å²) in [7, 11) is 0. The van der Waals surface area contributed by atoms with E-state index in [1.807, 2.05) is 0 Å². The molecule has 0 radical (unpaired) electrons. The fourth-order valence-electron chi connectivity index (χ4n) is 0.390. The van der Waals surface area contributed by atoms with Gasteiger partial charge in [-0.25, -0.2) is 0 Å². The minimum absolute atomic E-state index is 0.622. The average Bonchev–Trinajstić information content (AvgIpc) is 1.81. The van der Waals surface area contributed by atoms with Crippen molar-refractivity contribution < 1.29 is 10.5 Å². The highest BCUT2D eigenvalue weighted by molar-refractivity contribution is 4.32. The molecule has 5 N–H and O–H groups in total. The van der Waals surface area contributed by atoms with Gasteiger partial charge in [-0.05, 0) is 0 Å². The molecular formula is C5H15N2O+. The lowest BCUT2D eigenvalue weighted by Crippen LogP contribution is -2.50. The molecule has 0 aliphatic rings. The van der Waals surface area contributed by atoms with Crippen molar-refractivity contribution in [2.45, 2.75) is 6.42 Å². The SMILES string of the molecule is NCCOCCC[NH3+]. The Morgan fingerprint density at radius 3 is 2.62 bits per heavy atom. The van der Waals surface area contributed by atoms with Crippen LogP contribution in [0.1, 0.15) is 6.42 Å². The van der Waals surface area contributed by atoms with Gasteiger partial charge in [0.15, 0.2) is 0 Å². The maximum absolute atomic E-state index is 5.17. The second kappa shape index (κ2) is 6.88. The van der Waals surface area contributed by atoms with E-state index < -0.39 is 0 Å². The fraction of sp³-hybridized carbons (Fsp3) is 1.00. The quantitative estimate of drug-likeness (QED) is 0.437. The zero-order chi connectivity index (χ0) is 6.24. The van der Waals surface area contributed by atoms with E-state index in [0.717, 1.165) is 19.6 Å². The van der Waals surface area contributed by atoms with E-state index in [2.05, 4.69) is 5.73 Å².